The van der Waals surface area contributed by atoms with Crippen molar-refractivity contribution in [3.8, 4) is 11.8 Å². The lowest BCUT2D eigenvalue weighted by molar-refractivity contribution is -0.343. The van der Waals surface area contributed by atoms with E-state index < -0.39 is 23.4 Å². The van der Waals surface area contributed by atoms with Gasteiger partial charge in [0.2, 0.25) is 0 Å². The second kappa shape index (κ2) is 11.9. The maximum absolute atomic E-state index is 12.9. The van der Waals surface area contributed by atoms with Crippen molar-refractivity contribution in [1.29, 1.82) is 0 Å². The van der Waals surface area contributed by atoms with Crippen LogP contribution in [0.15, 0.2) is 35.5 Å². The van der Waals surface area contributed by atoms with Crippen LogP contribution < -0.4 is 0 Å². The predicted molar refractivity (Wildman–Crippen MR) is 132 cm³/mol. The molecule has 3 aliphatic rings. The van der Waals surface area contributed by atoms with Gasteiger partial charge in [-0.05, 0) is 81.0 Å². The van der Waals surface area contributed by atoms with Crippen LogP contribution in [-0.2, 0) is 9.53 Å². The molecule has 212 valence electrons. The molecule has 9 heteroatoms. The Labute approximate surface area is 220 Å². The third kappa shape index (κ3) is 7.68. The molecule has 0 bridgehead atoms. The molecule has 38 heavy (non-hydrogen) atoms. The molecule has 0 radical (unpaired) electrons. The van der Waals surface area contributed by atoms with Crippen LogP contribution in [0.5, 0.6) is 0 Å². The van der Waals surface area contributed by atoms with Crippen molar-refractivity contribution in [3.05, 3.63) is 35.5 Å². The Morgan fingerprint density at radius 3 is 2.34 bits per heavy atom. The van der Waals surface area contributed by atoms with Crippen LogP contribution in [0.25, 0.3) is 0 Å². The van der Waals surface area contributed by atoms with Crippen molar-refractivity contribution in [2.45, 2.75) is 109 Å². The number of carbonyl (C=O) groups is 1. The molecule has 0 amide bonds. The van der Waals surface area contributed by atoms with Gasteiger partial charge in [-0.15, -0.1) is 0 Å². The topological polar surface area (TPSA) is 46.5 Å². The van der Waals surface area contributed by atoms with Gasteiger partial charge in [0.25, 0.3) is 0 Å². The minimum atomic E-state index is -5.93. The van der Waals surface area contributed by atoms with E-state index in [0.29, 0.717) is 24.7 Å². The fourth-order valence-electron chi connectivity index (χ4n) is 5.41. The van der Waals surface area contributed by atoms with Crippen LogP contribution in [-0.4, -0.2) is 35.1 Å². The number of hydrogen-bond donors (Lipinski definition) is 1. The number of hydrogen-bond acceptors (Lipinski definition) is 3. The minimum Gasteiger partial charge on any atom is -0.462 e. The van der Waals surface area contributed by atoms with E-state index in [4.69, 9.17) is 4.74 Å². The third-order valence-electron chi connectivity index (χ3n) is 7.95. The molecule has 3 atom stereocenters. The summed E-state index contributed by atoms with van der Waals surface area (Å²) < 4.78 is 82.5. The van der Waals surface area contributed by atoms with Crippen LogP contribution in [0.2, 0.25) is 0 Å². The molecule has 3 nitrogen and oxygen atoms in total. The van der Waals surface area contributed by atoms with Crippen molar-refractivity contribution in [3.63, 3.8) is 0 Å². The summed E-state index contributed by atoms with van der Waals surface area (Å²) in [5, 5.41) is 9.23. The Bertz CT molecular complexity index is 990. The molecule has 3 rings (SSSR count). The molecule has 1 unspecified atom stereocenters. The summed E-state index contributed by atoms with van der Waals surface area (Å²) in [7, 11) is 0. The van der Waals surface area contributed by atoms with Crippen molar-refractivity contribution in [2.24, 2.45) is 17.3 Å². The second-order valence-electron chi connectivity index (χ2n) is 11.1. The predicted octanol–water partition coefficient (Wildman–Crippen LogP) is 7.76. The van der Waals surface area contributed by atoms with Crippen molar-refractivity contribution in [2.75, 3.05) is 0 Å². The van der Waals surface area contributed by atoms with Crippen LogP contribution >= 0.6 is 0 Å². The molecule has 3 saturated carbocycles. The molecule has 0 aliphatic heterocycles. The average molecular weight is 547 g/mol. The number of allylic oxidation sites excluding steroid dienone is 5. The summed E-state index contributed by atoms with van der Waals surface area (Å²) in [4.78, 5) is 11.3. The molecule has 1 N–H and O–H groups in total. The van der Waals surface area contributed by atoms with Gasteiger partial charge >= 0.3 is 23.9 Å². The van der Waals surface area contributed by atoms with Gasteiger partial charge in [0.15, 0.2) is 0 Å². The quantitative estimate of drug-likeness (QED) is 0.160. The zero-order valence-corrected chi connectivity index (χ0v) is 21.9. The number of ether oxygens (including phenoxy) is 1. The molecule has 0 spiro atoms. The fourth-order valence-corrected chi connectivity index (χ4v) is 5.41. The number of esters is 1. The van der Waals surface area contributed by atoms with Crippen LogP contribution in [0.3, 0.4) is 0 Å². The highest BCUT2D eigenvalue weighted by molar-refractivity contribution is 5.66. The number of halogens is 6. The number of carbonyl (C=O) groups excluding carboxylic acids is 1. The van der Waals surface area contributed by atoms with E-state index in [1.54, 1.807) is 0 Å². The summed E-state index contributed by atoms with van der Waals surface area (Å²) in [6.45, 7) is 3.62. The van der Waals surface area contributed by atoms with E-state index in [9.17, 15) is 36.2 Å². The van der Waals surface area contributed by atoms with Gasteiger partial charge in [0.1, 0.15) is 6.10 Å². The Balaban J connectivity index is 1.65. The zero-order valence-electron chi connectivity index (χ0n) is 21.9. The fraction of sp³-hybridized carbons (Fsp3) is 0.690. The van der Waals surface area contributed by atoms with Gasteiger partial charge in [0.05, 0.1) is 0 Å². The van der Waals surface area contributed by atoms with Crippen LogP contribution in [0.1, 0.15) is 84.5 Å². The van der Waals surface area contributed by atoms with E-state index in [1.807, 2.05) is 18.1 Å². The van der Waals surface area contributed by atoms with Gasteiger partial charge in [0, 0.05) is 19.8 Å². The Kier molecular flexibility index (Phi) is 9.49. The van der Waals surface area contributed by atoms with Crippen LogP contribution in [0, 0.1) is 29.1 Å². The van der Waals surface area contributed by atoms with Crippen molar-refractivity contribution < 1.29 is 41.0 Å². The van der Waals surface area contributed by atoms with E-state index >= 15 is 0 Å². The molecular weight excluding hydrogens is 510 g/mol. The molecule has 0 aromatic carbocycles. The smallest absolute Gasteiger partial charge is 0.438 e. The Morgan fingerprint density at radius 1 is 1.08 bits per heavy atom. The van der Waals surface area contributed by atoms with Gasteiger partial charge < -0.3 is 9.84 Å². The summed E-state index contributed by atoms with van der Waals surface area (Å²) in [6.07, 6.45) is 4.81. The largest absolute Gasteiger partial charge is 0.462 e. The summed E-state index contributed by atoms with van der Waals surface area (Å²) in [5.74, 6) is 3.52. The first kappa shape index (κ1) is 30.3. The molecule has 3 fully saturated rings. The molecule has 0 aromatic rings. The van der Waals surface area contributed by atoms with E-state index in [0.717, 1.165) is 57.3 Å². The first-order valence-corrected chi connectivity index (χ1v) is 13.2. The van der Waals surface area contributed by atoms with Crippen molar-refractivity contribution in [1.82, 2.24) is 0 Å². The van der Waals surface area contributed by atoms with Gasteiger partial charge in [-0.2, -0.15) is 26.3 Å². The molecule has 3 aliphatic carbocycles. The Hall–Kier alpha value is -2.21. The van der Waals surface area contributed by atoms with Gasteiger partial charge in [-0.3, -0.25) is 4.79 Å². The lowest BCUT2D eigenvalue weighted by Crippen LogP contribution is -2.55. The highest BCUT2D eigenvalue weighted by Gasteiger charge is 2.70. The Morgan fingerprint density at radius 2 is 1.74 bits per heavy atom. The average Bonchev–Trinajstić information content (AvgIpc) is 3.57. The lowest BCUT2D eigenvalue weighted by atomic mass is 9.74. The van der Waals surface area contributed by atoms with E-state index in [-0.39, 0.29) is 18.5 Å². The number of rotatable bonds is 6. The minimum absolute atomic E-state index is 0.0732. The summed E-state index contributed by atoms with van der Waals surface area (Å²) in [6, 6.07) is 0. The maximum Gasteiger partial charge on any atom is 0.438 e. The van der Waals surface area contributed by atoms with Crippen molar-refractivity contribution >= 4 is 5.97 Å². The third-order valence-corrected chi connectivity index (χ3v) is 7.95. The zero-order chi connectivity index (χ0) is 28.2. The maximum atomic E-state index is 12.9. The van der Waals surface area contributed by atoms with E-state index in [1.165, 1.54) is 18.1 Å². The van der Waals surface area contributed by atoms with E-state index in [2.05, 4.69) is 19.1 Å². The summed E-state index contributed by atoms with van der Waals surface area (Å²) in [5.41, 5.74) is -2.97. The standard InChI is InChI=1S/C29H36F6O3/c1-20-7-3-9-23(13-12-22-8-4-10-24(19-22)38-21(2)36)25(20)11-5-14-26(17-18-26)15-6-16-27(37,28(30,31)32)29(33,34)35/h5,12-14,20,24-25,37H,3-4,7-11,15,17-19H2,1-2H3/b14-5+,22-12-,23-13+/t20-,24+,25?/m1/s1. The first-order valence-electron chi connectivity index (χ1n) is 13.2. The number of alkyl halides is 6. The SMILES string of the molecule is CC(=O)O[C@H]1CCC/C(=C/C=C2\CCC[C@@H](C)C2C/C=C/C2(CC#CC(O)(C(F)(F)F)C(F)(F)F)CC2)C1. The highest BCUT2D eigenvalue weighted by atomic mass is 19.4. The molecule has 0 saturated heterocycles. The monoisotopic (exact) mass is 546 g/mol. The second-order valence-corrected chi connectivity index (χ2v) is 11.1. The lowest BCUT2D eigenvalue weighted by Gasteiger charge is -2.31. The first-order chi connectivity index (χ1) is 17.7. The van der Waals surface area contributed by atoms with Gasteiger partial charge in [-0.25, -0.2) is 0 Å². The van der Waals surface area contributed by atoms with Gasteiger partial charge in [-0.1, -0.05) is 48.3 Å². The normalized spacial score (nSPS) is 28.3. The highest BCUT2D eigenvalue weighted by Crippen LogP contribution is 2.51. The summed E-state index contributed by atoms with van der Waals surface area (Å²) >= 11 is 0. The molecule has 0 aromatic heterocycles. The molecular formula is C29H36F6O3. The van der Waals surface area contributed by atoms with Crippen LogP contribution in [0.4, 0.5) is 26.3 Å². The number of aliphatic hydroxyl groups is 1. The molecule has 0 heterocycles.